The van der Waals surface area contributed by atoms with Gasteiger partial charge in [0.15, 0.2) is 0 Å². The summed E-state index contributed by atoms with van der Waals surface area (Å²) < 4.78 is 0. The number of carbonyl (C=O) groups is 1. The number of piperidine rings is 1. The quantitative estimate of drug-likeness (QED) is 0.804. The van der Waals surface area contributed by atoms with Crippen LogP contribution in [0.3, 0.4) is 0 Å². The molecule has 0 spiro atoms. The van der Waals surface area contributed by atoms with Crippen LogP contribution in [0.15, 0.2) is 0 Å². The molecule has 17 heavy (non-hydrogen) atoms. The van der Waals surface area contributed by atoms with Crippen molar-refractivity contribution in [3.05, 3.63) is 0 Å². The van der Waals surface area contributed by atoms with Crippen LogP contribution in [0.25, 0.3) is 0 Å². The third kappa shape index (κ3) is 4.30. The van der Waals surface area contributed by atoms with Gasteiger partial charge in [0, 0.05) is 19.0 Å². The van der Waals surface area contributed by atoms with E-state index in [1.54, 1.807) is 0 Å². The summed E-state index contributed by atoms with van der Waals surface area (Å²) in [4.78, 5) is 13.3. The number of aliphatic carboxylic acids is 1. The SMILES string of the molecule is CC(C)C(C)N1CCCC(C(C)CC(=O)O)C1. The van der Waals surface area contributed by atoms with Gasteiger partial charge in [-0.3, -0.25) is 4.79 Å². The van der Waals surface area contributed by atoms with E-state index in [-0.39, 0.29) is 0 Å². The third-order valence-electron chi connectivity index (χ3n) is 4.33. The normalized spacial score (nSPS) is 25.8. The molecule has 3 heteroatoms. The molecule has 1 N–H and O–H groups in total. The number of rotatable bonds is 5. The number of nitrogens with zero attached hydrogens (tertiary/aromatic N) is 1. The first-order valence-electron chi connectivity index (χ1n) is 6.87. The number of hydrogen-bond donors (Lipinski definition) is 1. The molecule has 0 aliphatic carbocycles. The maximum Gasteiger partial charge on any atom is 0.303 e. The van der Waals surface area contributed by atoms with Crippen LogP contribution in [-0.2, 0) is 4.79 Å². The van der Waals surface area contributed by atoms with E-state index in [2.05, 4.69) is 32.6 Å². The summed E-state index contributed by atoms with van der Waals surface area (Å²) in [7, 11) is 0. The summed E-state index contributed by atoms with van der Waals surface area (Å²) in [6, 6.07) is 0.606. The molecule has 3 atom stereocenters. The summed E-state index contributed by atoms with van der Waals surface area (Å²) >= 11 is 0. The van der Waals surface area contributed by atoms with Crippen LogP contribution in [0.5, 0.6) is 0 Å². The van der Waals surface area contributed by atoms with Gasteiger partial charge >= 0.3 is 5.97 Å². The Morgan fingerprint density at radius 2 is 2.00 bits per heavy atom. The van der Waals surface area contributed by atoms with Gasteiger partial charge in [0.1, 0.15) is 0 Å². The predicted octanol–water partition coefficient (Wildman–Crippen LogP) is 2.85. The fourth-order valence-corrected chi connectivity index (χ4v) is 2.74. The summed E-state index contributed by atoms with van der Waals surface area (Å²) in [5.41, 5.74) is 0. The zero-order valence-electron chi connectivity index (χ0n) is 11.6. The Bertz CT molecular complexity index is 253. The average molecular weight is 241 g/mol. The lowest BCUT2D eigenvalue weighted by Gasteiger charge is -2.40. The van der Waals surface area contributed by atoms with E-state index in [0.29, 0.717) is 30.2 Å². The van der Waals surface area contributed by atoms with Crippen molar-refractivity contribution in [2.75, 3.05) is 13.1 Å². The molecule has 0 bridgehead atoms. The lowest BCUT2D eigenvalue weighted by atomic mass is 9.83. The first-order chi connectivity index (χ1) is 7.91. The van der Waals surface area contributed by atoms with Crippen molar-refractivity contribution in [1.29, 1.82) is 0 Å². The van der Waals surface area contributed by atoms with Gasteiger partial charge in [0.05, 0.1) is 0 Å². The molecule has 0 amide bonds. The molecule has 3 unspecified atom stereocenters. The van der Waals surface area contributed by atoms with Crippen molar-refractivity contribution in [1.82, 2.24) is 4.90 Å². The van der Waals surface area contributed by atoms with E-state index in [0.717, 1.165) is 6.54 Å². The number of likely N-dealkylation sites (tertiary alicyclic amines) is 1. The van der Waals surface area contributed by atoms with Crippen molar-refractivity contribution < 1.29 is 9.90 Å². The van der Waals surface area contributed by atoms with Crippen molar-refractivity contribution in [3.8, 4) is 0 Å². The lowest BCUT2D eigenvalue weighted by molar-refractivity contribution is -0.138. The first kappa shape index (κ1) is 14.5. The van der Waals surface area contributed by atoms with Gasteiger partial charge in [0.25, 0.3) is 0 Å². The number of carboxylic acids is 1. The second-order valence-corrected chi connectivity index (χ2v) is 5.96. The van der Waals surface area contributed by atoms with Crippen LogP contribution in [0.1, 0.15) is 47.0 Å². The largest absolute Gasteiger partial charge is 0.481 e. The van der Waals surface area contributed by atoms with Crippen LogP contribution in [0.4, 0.5) is 0 Å². The topological polar surface area (TPSA) is 40.5 Å². The maximum atomic E-state index is 10.8. The van der Waals surface area contributed by atoms with Gasteiger partial charge in [0.2, 0.25) is 0 Å². The van der Waals surface area contributed by atoms with Gasteiger partial charge in [-0.1, -0.05) is 20.8 Å². The molecule has 0 aromatic heterocycles. The van der Waals surface area contributed by atoms with E-state index in [4.69, 9.17) is 5.11 Å². The molecule has 1 aliphatic heterocycles. The van der Waals surface area contributed by atoms with Crippen molar-refractivity contribution in [3.63, 3.8) is 0 Å². The van der Waals surface area contributed by atoms with Gasteiger partial charge in [-0.15, -0.1) is 0 Å². The molecule has 0 aromatic carbocycles. The fourth-order valence-electron chi connectivity index (χ4n) is 2.74. The smallest absolute Gasteiger partial charge is 0.303 e. The highest BCUT2D eigenvalue weighted by Crippen LogP contribution is 2.28. The highest BCUT2D eigenvalue weighted by atomic mass is 16.4. The second-order valence-electron chi connectivity index (χ2n) is 5.96. The minimum absolute atomic E-state index is 0.301. The average Bonchev–Trinajstić information content (AvgIpc) is 2.27. The lowest BCUT2D eigenvalue weighted by Crippen LogP contribution is -2.45. The standard InChI is InChI=1S/C14H27NO2/c1-10(2)12(4)15-7-5-6-13(9-15)11(3)8-14(16)17/h10-13H,5-9H2,1-4H3,(H,16,17). The Kier molecular flexibility index (Phi) is 5.44. The molecule has 1 heterocycles. The Morgan fingerprint density at radius 1 is 1.35 bits per heavy atom. The van der Waals surface area contributed by atoms with E-state index in [1.165, 1.54) is 19.4 Å². The Labute approximate surface area is 105 Å². The monoisotopic (exact) mass is 241 g/mol. The Morgan fingerprint density at radius 3 is 2.53 bits per heavy atom. The molecule has 1 aliphatic rings. The minimum Gasteiger partial charge on any atom is -0.481 e. The predicted molar refractivity (Wildman–Crippen MR) is 70.0 cm³/mol. The first-order valence-corrected chi connectivity index (χ1v) is 6.87. The van der Waals surface area contributed by atoms with Gasteiger partial charge in [-0.05, 0) is 44.1 Å². The van der Waals surface area contributed by atoms with E-state index < -0.39 is 5.97 Å². The number of carboxylic acid groups (broad SMARTS) is 1. The summed E-state index contributed by atoms with van der Waals surface area (Å²) in [6.45, 7) is 11.1. The zero-order chi connectivity index (χ0) is 13.0. The Balaban J connectivity index is 2.51. The highest BCUT2D eigenvalue weighted by molar-refractivity contribution is 5.66. The van der Waals surface area contributed by atoms with Crippen molar-refractivity contribution in [2.24, 2.45) is 17.8 Å². The van der Waals surface area contributed by atoms with E-state index >= 15 is 0 Å². The highest BCUT2D eigenvalue weighted by Gasteiger charge is 2.28. The molecule has 0 aromatic rings. The molecule has 1 fully saturated rings. The van der Waals surface area contributed by atoms with Gasteiger partial charge in [-0.25, -0.2) is 0 Å². The molecule has 3 nitrogen and oxygen atoms in total. The third-order valence-corrected chi connectivity index (χ3v) is 4.33. The maximum absolute atomic E-state index is 10.8. The van der Waals surface area contributed by atoms with E-state index in [1.807, 2.05) is 0 Å². The van der Waals surface area contributed by atoms with Crippen molar-refractivity contribution in [2.45, 2.75) is 53.0 Å². The molecular formula is C14H27NO2. The van der Waals surface area contributed by atoms with Crippen LogP contribution < -0.4 is 0 Å². The molecule has 1 rings (SSSR count). The molecule has 0 saturated carbocycles. The summed E-state index contributed by atoms with van der Waals surface area (Å²) in [5.74, 6) is 0.866. The van der Waals surface area contributed by atoms with Crippen molar-refractivity contribution >= 4 is 5.97 Å². The van der Waals surface area contributed by atoms with Crippen LogP contribution >= 0.6 is 0 Å². The van der Waals surface area contributed by atoms with Crippen LogP contribution in [0.2, 0.25) is 0 Å². The van der Waals surface area contributed by atoms with Crippen LogP contribution in [-0.4, -0.2) is 35.1 Å². The fraction of sp³-hybridized carbons (Fsp3) is 0.929. The molecule has 100 valence electrons. The summed E-state index contributed by atoms with van der Waals surface area (Å²) in [5, 5.41) is 8.86. The molecule has 0 radical (unpaired) electrons. The van der Waals surface area contributed by atoms with E-state index in [9.17, 15) is 4.79 Å². The minimum atomic E-state index is -0.661. The van der Waals surface area contributed by atoms with Gasteiger partial charge < -0.3 is 10.0 Å². The molecule has 1 saturated heterocycles. The van der Waals surface area contributed by atoms with Crippen LogP contribution in [0, 0.1) is 17.8 Å². The molecular weight excluding hydrogens is 214 g/mol. The zero-order valence-corrected chi connectivity index (χ0v) is 11.6. The second kappa shape index (κ2) is 6.39. The Hall–Kier alpha value is -0.570. The number of hydrogen-bond acceptors (Lipinski definition) is 2. The summed E-state index contributed by atoms with van der Waals surface area (Å²) in [6.07, 6.45) is 2.72. The van der Waals surface area contributed by atoms with Gasteiger partial charge in [-0.2, -0.15) is 0 Å².